The van der Waals surface area contributed by atoms with Gasteiger partial charge in [-0.15, -0.1) is 0 Å². The van der Waals surface area contributed by atoms with Crippen molar-refractivity contribution < 1.29 is 14.3 Å². The van der Waals surface area contributed by atoms with Crippen LogP contribution in [0.25, 0.3) is 0 Å². The highest BCUT2D eigenvalue weighted by atomic mass is 79.9. The van der Waals surface area contributed by atoms with Crippen LogP contribution in [0.3, 0.4) is 0 Å². The SMILES string of the molecule is COc1ccc(CNC(=O)C(=O)Nc2ccc(C)cc2Br)cc1. The predicted octanol–water partition coefficient (Wildman–Crippen LogP) is 3.02. The first-order valence-corrected chi connectivity index (χ1v) is 7.77. The van der Waals surface area contributed by atoms with Crippen molar-refractivity contribution in [3.05, 3.63) is 58.1 Å². The number of rotatable bonds is 4. The molecule has 0 heterocycles. The third-order valence-electron chi connectivity index (χ3n) is 3.19. The molecule has 2 amide bonds. The zero-order valence-electron chi connectivity index (χ0n) is 12.9. The summed E-state index contributed by atoms with van der Waals surface area (Å²) in [6.45, 7) is 2.21. The van der Waals surface area contributed by atoms with Gasteiger partial charge >= 0.3 is 11.8 Å². The van der Waals surface area contributed by atoms with Crippen LogP contribution in [0.2, 0.25) is 0 Å². The van der Waals surface area contributed by atoms with Crippen LogP contribution >= 0.6 is 15.9 Å². The summed E-state index contributed by atoms with van der Waals surface area (Å²) < 4.78 is 5.79. The topological polar surface area (TPSA) is 67.4 Å². The fraction of sp³-hybridized carbons (Fsp3) is 0.176. The van der Waals surface area contributed by atoms with Gasteiger partial charge in [0, 0.05) is 11.0 Å². The maximum atomic E-state index is 11.9. The Kier molecular flexibility index (Phi) is 5.76. The molecule has 0 bridgehead atoms. The third-order valence-corrected chi connectivity index (χ3v) is 3.85. The van der Waals surface area contributed by atoms with Crippen molar-refractivity contribution in [2.24, 2.45) is 0 Å². The summed E-state index contributed by atoms with van der Waals surface area (Å²) in [4.78, 5) is 23.8. The molecule has 6 heteroatoms. The predicted molar refractivity (Wildman–Crippen MR) is 92.3 cm³/mol. The van der Waals surface area contributed by atoms with E-state index in [9.17, 15) is 9.59 Å². The number of carbonyl (C=O) groups excluding carboxylic acids is 2. The molecule has 0 atom stereocenters. The first-order valence-electron chi connectivity index (χ1n) is 6.98. The minimum atomic E-state index is -0.705. The second-order valence-corrected chi connectivity index (χ2v) is 5.82. The van der Waals surface area contributed by atoms with Crippen molar-refractivity contribution >= 4 is 33.4 Å². The first kappa shape index (κ1) is 17.0. The van der Waals surface area contributed by atoms with Gasteiger partial charge in [0.15, 0.2) is 0 Å². The second kappa shape index (κ2) is 7.78. The number of aryl methyl sites for hydroxylation is 1. The lowest BCUT2D eigenvalue weighted by Gasteiger charge is -2.09. The quantitative estimate of drug-likeness (QED) is 0.805. The lowest BCUT2D eigenvalue weighted by atomic mass is 10.2. The molecule has 0 spiro atoms. The van der Waals surface area contributed by atoms with Gasteiger partial charge in [-0.2, -0.15) is 0 Å². The second-order valence-electron chi connectivity index (χ2n) is 4.97. The Bertz CT molecular complexity index is 714. The van der Waals surface area contributed by atoms with Crippen molar-refractivity contribution in [1.82, 2.24) is 5.32 Å². The highest BCUT2D eigenvalue weighted by Gasteiger charge is 2.14. The number of methoxy groups -OCH3 is 1. The van der Waals surface area contributed by atoms with Crippen molar-refractivity contribution in [1.29, 1.82) is 0 Å². The third kappa shape index (κ3) is 4.82. The number of hydrogen-bond donors (Lipinski definition) is 2. The van der Waals surface area contributed by atoms with Crippen LogP contribution in [0.5, 0.6) is 5.75 Å². The van der Waals surface area contributed by atoms with Gasteiger partial charge in [0.05, 0.1) is 12.8 Å². The van der Waals surface area contributed by atoms with Gasteiger partial charge < -0.3 is 15.4 Å². The molecule has 0 fully saturated rings. The number of halogens is 1. The number of hydrogen-bond acceptors (Lipinski definition) is 3. The average molecular weight is 377 g/mol. The van der Waals surface area contributed by atoms with Crippen LogP contribution < -0.4 is 15.4 Å². The molecule has 0 saturated heterocycles. The van der Waals surface area contributed by atoms with Crippen LogP contribution in [0.15, 0.2) is 46.9 Å². The fourth-order valence-corrected chi connectivity index (χ4v) is 2.50. The van der Waals surface area contributed by atoms with Crippen LogP contribution in [-0.4, -0.2) is 18.9 Å². The molecule has 0 saturated carbocycles. The van der Waals surface area contributed by atoms with Gasteiger partial charge in [0.2, 0.25) is 0 Å². The molecule has 5 nitrogen and oxygen atoms in total. The largest absolute Gasteiger partial charge is 0.497 e. The van der Waals surface area contributed by atoms with Crippen molar-refractivity contribution in [3.63, 3.8) is 0 Å². The molecular formula is C17H17BrN2O3. The van der Waals surface area contributed by atoms with Crippen LogP contribution in [-0.2, 0) is 16.1 Å². The molecule has 0 aliphatic carbocycles. The Balaban J connectivity index is 1.90. The summed E-state index contributed by atoms with van der Waals surface area (Å²) in [6.07, 6.45) is 0. The van der Waals surface area contributed by atoms with E-state index in [1.54, 1.807) is 25.3 Å². The summed E-state index contributed by atoms with van der Waals surface area (Å²) in [5.41, 5.74) is 2.49. The van der Waals surface area contributed by atoms with Crippen LogP contribution in [0, 0.1) is 6.92 Å². The van der Waals surface area contributed by atoms with Gasteiger partial charge in [-0.1, -0.05) is 18.2 Å². The van der Waals surface area contributed by atoms with E-state index < -0.39 is 11.8 Å². The monoisotopic (exact) mass is 376 g/mol. The number of carbonyl (C=O) groups is 2. The number of anilines is 1. The van der Waals surface area contributed by atoms with Crippen LogP contribution in [0.4, 0.5) is 5.69 Å². The summed E-state index contributed by atoms with van der Waals surface area (Å²) >= 11 is 3.36. The molecule has 23 heavy (non-hydrogen) atoms. The molecule has 0 aliphatic heterocycles. The highest BCUT2D eigenvalue weighted by molar-refractivity contribution is 9.10. The van der Waals surface area contributed by atoms with Crippen molar-refractivity contribution in [2.45, 2.75) is 13.5 Å². The normalized spacial score (nSPS) is 10.0. The maximum Gasteiger partial charge on any atom is 0.313 e. The molecule has 0 aliphatic rings. The molecule has 2 aromatic carbocycles. The van der Waals surface area contributed by atoms with Gasteiger partial charge in [-0.05, 0) is 58.2 Å². The molecule has 0 unspecified atom stereocenters. The van der Waals surface area contributed by atoms with E-state index in [0.717, 1.165) is 21.3 Å². The van der Waals surface area contributed by atoms with Crippen molar-refractivity contribution in [2.75, 3.05) is 12.4 Å². The van der Waals surface area contributed by atoms with E-state index in [1.165, 1.54) is 0 Å². The Morgan fingerprint density at radius 2 is 1.78 bits per heavy atom. The molecule has 2 N–H and O–H groups in total. The Morgan fingerprint density at radius 1 is 1.09 bits per heavy atom. The number of ether oxygens (including phenoxy) is 1. The molecule has 0 radical (unpaired) electrons. The minimum Gasteiger partial charge on any atom is -0.497 e. The Morgan fingerprint density at radius 3 is 2.39 bits per heavy atom. The lowest BCUT2D eigenvalue weighted by molar-refractivity contribution is -0.136. The van der Waals surface area contributed by atoms with E-state index in [0.29, 0.717) is 5.69 Å². The summed E-state index contributed by atoms with van der Waals surface area (Å²) in [6, 6.07) is 12.7. The summed E-state index contributed by atoms with van der Waals surface area (Å²) in [7, 11) is 1.59. The smallest absolute Gasteiger partial charge is 0.313 e. The number of amides is 2. The molecule has 0 aromatic heterocycles. The Labute approximate surface area is 143 Å². The number of benzene rings is 2. The lowest BCUT2D eigenvalue weighted by Crippen LogP contribution is -2.35. The van der Waals surface area contributed by atoms with E-state index in [4.69, 9.17) is 4.74 Å². The summed E-state index contributed by atoms with van der Waals surface area (Å²) in [5, 5.41) is 5.15. The summed E-state index contributed by atoms with van der Waals surface area (Å²) in [5.74, 6) is -0.654. The van der Waals surface area contributed by atoms with Gasteiger partial charge in [-0.25, -0.2) is 0 Å². The molecule has 2 rings (SSSR count). The molecular weight excluding hydrogens is 360 g/mol. The zero-order chi connectivity index (χ0) is 16.8. The van der Waals surface area contributed by atoms with Crippen molar-refractivity contribution in [3.8, 4) is 5.75 Å². The standard InChI is InChI=1S/C17H17BrN2O3/c1-11-3-8-15(14(18)9-11)20-17(22)16(21)19-10-12-4-6-13(23-2)7-5-12/h3-9H,10H2,1-2H3,(H,19,21)(H,20,22). The van der Waals surface area contributed by atoms with Gasteiger partial charge in [0.25, 0.3) is 0 Å². The van der Waals surface area contributed by atoms with E-state index in [1.807, 2.05) is 31.2 Å². The Hall–Kier alpha value is -2.34. The molecule has 120 valence electrons. The van der Waals surface area contributed by atoms with E-state index in [2.05, 4.69) is 26.6 Å². The average Bonchev–Trinajstić information content (AvgIpc) is 2.55. The van der Waals surface area contributed by atoms with Crippen LogP contribution in [0.1, 0.15) is 11.1 Å². The number of nitrogens with one attached hydrogen (secondary N) is 2. The minimum absolute atomic E-state index is 0.269. The highest BCUT2D eigenvalue weighted by Crippen LogP contribution is 2.23. The van der Waals surface area contributed by atoms with E-state index >= 15 is 0 Å². The molecule has 2 aromatic rings. The van der Waals surface area contributed by atoms with Gasteiger partial charge in [0.1, 0.15) is 5.75 Å². The maximum absolute atomic E-state index is 11.9. The zero-order valence-corrected chi connectivity index (χ0v) is 14.4. The fourth-order valence-electron chi connectivity index (χ4n) is 1.91. The first-order chi connectivity index (χ1) is 11.0. The van der Waals surface area contributed by atoms with Gasteiger partial charge in [-0.3, -0.25) is 9.59 Å². The van der Waals surface area contributed by atoms with E-state index in [-0.39, 0.29) is 6.54 Å².